The predicted molar refractivity (Wildman–Crippen MR) is 121 cm³/mol. The van der Waals surface area contributed by atoms with Crippen LogP contribution in [0.4, 0.5) is 0 Å². The third-order valence-electron chi connectivity index (χ3n) is 6.70. The van der Waals surface area contributed by atoms with Gasteiger partial charge in [0.05, 0.1) is 26.4 Å². The topological polar surface area (TPSA) is 91.3 Å². The van der Waals surface area contributed by atoms with Crippen LogP contribution >= 0.6 is 0 Å². The van der Waals surface area contributed by atoms with Crippen LogP contribution in [0.1, 0.15) is 84.5 Å². The maximum Gasteiger partial charge on any atom is 0.305 e. The van der Waals surface area contributed by atoms with Gasteiger partial charge in [-0.1, -0.05) is 31.9 Å². The van der Waals surface area contributed by atoms with Gasteiger partial charge in [-0.05, 0) is 38.0 Å². The van der Waals surface area contributed by atoms with Gasteiger partial charge in [-0.25, -0.2) is 0 Å². The number of hydrogen-bond donors (Lipinski definition) is 1. The van der Waals surface area contributed by atoms with Gasteiger partial charge < -0.3 is 24.1 Å². The van der Waals surface area contributed by atoms with Gasteiger partial charge in [0.25, 0.3) is 0 Å². The van der Waals surface area contributed by atoms with Gasteiger partial charge in [-0.2, -0.15) is 0 Å². The highest BCUT2D eigenvalue weighted by Crippen LogP contribution is 2.42. The Kier molecular flexibility index (Phi) is 11.7. The highest BCUT2D eigenvalue weighted by atomic mass is 16.7. The quantitative estimate of drug-likeness (QED) is 0.238. The fourth-order valence-electron chi connectivity index (χ4n) is 5.01. The number of rotatable bonds is 14. The fraction of sp³-hybridized carbons (Fsp3) is 0.840. The summed E-state index contributed by atoms with van der Waals surface area (Å²) in [5.41, 5.74) is 0. The molecular weight excluding hydrogens is 412 g/mol. The SMILES string of the molecule is CCCCCC1(CC[C@@H]2[C@@H](CC=CCCCC(=O)OC)[C@@H](OC(C)=O)C[C@H]2O)OCCO1. The molecule has 1 aliphatic heterocycles. The van der Waals surface area contributed by atoms with E-state index in [-0.39, 0.29) is 29.9 Å². The molecule has 1 aliphatic carbocycles. The molecule has 0 radical (unpaired) electrons. The molecule has 2 rings (SSSR count). The molecule has 0 aromatic rings. The van der Waals surface area contributed by atoms with Gasteiger partial charge in [0.2, 0.25) is 0 Å². The van der Waals surface area contributed by atoms with Gasteiger partial charge in [0.15, 0.2) is 5.79 Å². The smallest absolute Gasteiger partial charge is 0.305 e. The van der Waals surface area contributed by atoms with Gasteiger partial charge in [-0.3, -0.25) is 9.59 Å². The Morgan fingerprint density at radius 1 is 1.09 bits per heavy atom. The second-order valence-corrected chi connectivity index (χ2v) is 9.06. The summed E-state index contributed by atoms with van der Waals surface area (Å²) in [7, 11) is 1.40. The molecule has 2 fully saturated rings. The third kappa shape index (κ3) is 8.49. The fourth-order valence-corrected chi connectivity index (χ4v) is 5.01. The molecule has 1 N–H and O–H groups in total. The first-order valence-corrected chi connectivity index (χ1v) is 12.3. The van der Waals surface area contributed by atoms with E-state index in [1.54, 1.807) is 0 Å². The number of allylic oxidation sites excluding steroid dienone is 2. The van der Waals surface area contributed by atoms with Gasteiger partial charge in [0.1, 0.15) is 6.10 Å². The number of aliphatic hydroxyl groups is 1. The van der Waals surface area contributed by atoms with Crippen molar-refractivity contribution in [2.45, 2.75) is 102 Å². The molecule has 0 aromatic heterocycles. The van der Waals surface area contributed by atoms with Crippen LogP contribution in [-0.4, -0.2) is 55.4 Å². The molecule has 1 saturated carbocycles. The van der Waals surface area contributed by atoms with E-state index in [0.29, 0.717) is 26.1 Å². The van der Waals surface area contributed by atoms with Crippen LogP contribution in [0.15, 0.2) is 12.2 Å². The molecule has 184 valence electrons. The van der Waals surface area contributed by atoms with Crippen molar-refractivity contribution in [3.05, 3.63) is 12.2 Å². The molecule has 0 aromatic carbocycles. The first kappa shape index (κ1) is 26.8. The average molecular weight is 455 g/mol. The molecule has 0 bridgehead atoms. The summed E-state index contributed by atoms with van der Waals surface area (Å²) in [6.07, 6.45) is 12.2. The molecule has 1 heterocycles. The number of carbonyl (C=O) groups excluding carboxylic acids is 2. The average Bonchev–Trinajstić information content (AvgIpc) is 3.33. The minimum Gasteiger partial charge on any atom is -0.469 e. The van der Waals surface area contributed by atoms with E-state index in [1.165, 1.54) is 14.0 Å². The maximum atomic E-state index is 11.6. The number of ether oxygens (including phenoxy) is 4. The summed E-state index contributed by atoms with van der Waals surface area (Å²) >= 11 is 0. The lowest BCUT2D eigenvalue weighted by atomic mass is 9.85. The minimum absolute atomic E-state index is 0.0231. The summed E-state index contributed by atoms with van der Waals surface area (Å²) in [6.45, 7) is 4.84. The molecule has 1 saturated heterocycles. The minimum atomic E-state index is -0.539. The van der Waals surface area contributed by atoms with E-state index in [2.05, 4.69) is 23.8 Å². The summed E-state index contributed by atoms with van der Waals surface area (Å²) < 4.78 is 22.3. The maximum absolute atomic E-state index is 11.6. The van der Waals surface area contributed by atoms with E-state index in [0.717, 1.165) is 57.8 Å². The Bertz CT molecular complexity index is 597. The van der Waals surface area contributed by atoms with Crippen molar-refractivity contribution >= 4 is 11.9 Å². The number of carbonyl (C=O) groups is 2. The monoisotopic (exact) mass is 454 g/mol. The van der Waals surface area contributed by atoms with Crippen molar-refractivity contribution in [1.29, 1.82) is 0 Å². The van der Waals surface area contributed by atoms with E-state index in [4.69, 9.17) is 14.2 Å². The molecule has 0 unspecified atom stereocenters. The van der Waals surface area contributed by atoms with Crippen molar-refractivity contribution in [2.75, 3.05) is 20.3 Å². The molecule has 0 spiro atoms. The lowest BCUT2D eigenvalue weighted by Crippen LogP contribution is -2.33. The zero-order chi connectivity index (χ0) is 23.4. The number of methoxy groups -OCH3 is 1. The number of unbranched alkanes of at least 4 members (excludes halogenated alkanes) is 3. The molecule has 7 nitrogen and oxygen atoms in total. The van der Waals surface area contributed by atoms with Crippen molar-refractivity contribution < 1.29 is 33.6 Å². The lowest BCUT2D eigenvalue weighted by Gasteiger charge is -2.31. The largest absolute Gasteiger partial charge is 0.469 e. The lowest BCUT2D eigenvalue weighted by molar-refractivity contribution is -0.172. The van der Waals surface area contributed by atoms with Crippen molar-refractivity contribution in [3.8, 4) is 0 Å². The summed E-state index contributed by atoms with van der Waals surface area (Å²) in [5.74, 6) is -0.970. The van der Waals surface area contributed by atoms with Crippen molar-refractivity contribution in [3.63, 3.8) is 0 Å². The van der Waals surface area contributed by atoms with E-state index in [9.17, 15) is 14.7 Å². The zero-order valence-corrected chi connectivity index (χ0v) is 20.1. The second-order valence-electron chi connectivity index (χ2n) is 9.06. The van der Waals surface area contributed by atoms with Crippen LogP contribution in [0.3, 0.4) is 0 Å². The normalized spacial score (nSPS) is 27.1. The van der Waals surface area contributed by atoms with Crippen LogP contribution < -0.4 is 0 Å². The van der Waals surface area contributed by atoms with Crippen molar-refractivity contribution in [1.82, 2.24) is 0 Å². The Balaban J connectivity index is 1.95. The van der Waals surface area contributed by atoms with E-state index < -0.39 is 11.9 Å². The molecule has 7 heteroatoms. The van der Waals surface area contributed by atoms with Gasteiger partial charge in [0, 0.05) is 38.5 Å². The Hall–Kier alpha value is -1.44. The first-order chi connectivity index (χ1) is 15.4. The van der Waals surface area contributed by atoms with E-state index >= 15 is 0 Å². The highest BCUT2D eigenvalue weighted by Gasteiger charge is 2.45. The van der Waals surface area contributed by atoms with Crippen LogP contribution in [0.25, 0.3) is 0 Å². The van der Waals surface area contributed by atoms with Crippen LogP contribution in [-0.2, 0) is 28.5 Å². The standard InChI is InChI=1S/C25H42O7/c1-4-5-10-14-25(30-16-17-31-25)15-13-20-21(23(18-22(20)27)32-19(2)26)11-8-6-7-9-12-24(28)29-3/h6,8,20-23,27H,4-5,7,9-18H2,1-3H3/t20-,21-,22-,23+/m1/s1. The molecule has 4 atom stereocenters. The molecule has 0 amide bonds. The van der Waals surface area contributed by atoms with Crippen LogP contribution in [0.5, 0.6) is 0 Å². The highest BCUT2D eigenvalue weighted by molar-refractivity contribution is 5.69. The summed E-state index contributed by atoms with van der Waals surface area (Å²) in [5, 5.41) is 10.8. The number of hydrogen-bond acceptors (Lipinski definition) is 7. The second kappa shape index (κ2) is 14.0. The van der Waals surface area contributed by atoms with Gasteiger partial charge >= 0.3 is 11.9 Å². The summed E-state index contributed by atoms with van der Waals surface area (Å²) in [4.78, 5) is 22.9. The van der Waals surface area contributed by atoms with Crippen LogP contribution in [0.2, 0.25) is 0 Å². The Morgan fingerprint density at radius 3 is 2.50 bits per heavy atom. The molecule has 2 aliphatic rings. The first-order valence-electron chi connectivity index (χ1n) is 12.3. The predicted octanol–water partition coefficient (Wildman–Crippen LogP) is 4.31. The number of esters is 2. The summed E-state index contributed by atoms with van der Waals surface area (Å²) in [6, 6.07) is 0. The number of aliphatic hydroxyl groups excluding tert-OH is 1. The molecular formula is C25H42O7. The Labute approximate surface area is 192 Å². The van der Waals surface area contributed by atoms with Crippen molar-refractivity contribution in [2.24, 2.45) is 11.8 Å². The Morgan fingerprint density at radius 2 is 1.84 bits per heavy atom. The third-order valence-corrected chi connectivity index (χ3v) is 6.70. The van der Waals surface area contributed by atoms with Crippen LogP contribution in [0, 0.1) is 11.8 Å². The molecule has 32 heavy (non-hydrogen) atoms. The van der Waals surface area contributed by atoms with Gasteiger partial charge in [-0.15, -0.1) is 0 Å². The van der Waals surface area contributed by atoms with E-state index in [1.807, 2.05) is 0 Å². The zero-order valence-electron chi connectivity index (χ0n) is 20.1.